The Morgan fingerprint density at radius 3 is 2.86 bits per heavy atom. The van der Waals surface area contributed by atoms with Crippen molar-refractivity contribution in [3.63, 3.8) is 0 Å². The van der Waals surface area contributed by atoms with E-state index in [9.17, 15) is 9.59 Å². The standard InChI is InChI=1S/C22H25N3O3/c1-15-10-11-17(25-12-13-28-22(25)27)14-20(15)24-21(26)23-19-9-5-3-7-16-6-2-4-8-18(16)19/h2,4,6,8,10-11,14,19H,3,5,7,9,12-13H2,1H3,(H2,23,24,26)/t19-/m0/s1. The van der Waals surface area contributed by atoms with Crippen molar-refractivity contribution in [3.8, 4) is 0 Å². The average molecular weight is 379 g/mol. The van der Waals surface area contributed by atoms with Crippen LogP contribution in [0.2, 0.25) is 0 Å². The SMILES string of the molecule is Cc1ccc(N2CCOC2=O)cc1NC(=O)N[C@H]1CCCCc2ccccc21. The van der Waals surface area contributed by atoms with Crippen molar-refractivity contribution in [1.29, 1.82) is 0 Å². The number of carbonyl (C=O) groups excluding carboxylic acids is 2. The number of rotatable bonds is 3. The van der Waals surface area contributed by atoms with Gasteiger partial charge < -0.3 is 15.4 Å². The van der Waals surface area contributed by atoms with Crippen molar-refractivity contribution in [2.45, 2.75) is 38.6 Å². The van der Waals surface area contributed by atoms with Crippen molar-refractivity contribution in [3.05, 3.63) is 59.2 Å². The second kappa shape index (κ2) is 7.92. The lowest BCUT2D eigenvalue weighted by atomic mass is 9.99. The highest BCUT2D eigenvalue weighted by molar-refractivity contribution is 5.94. The molecular formula is C22H25N3O3. The first kappa shape index (κ1) is 18.3. The maximum absolute atomic E-state index is 12.7. The molecule has 2 aliphatic rings. The molecule has 1 fully saturated rings. The van der Waals surface area contributed by atoms with Crippen LogP contribution >= 0.6 is 0 Å². The highest BCUT2D eigenvalue weighted by Crippen LogP contribution is 2.29. The molecule has 1 atom stereocenters. The van der Waals surface area contributed by atoms with E-state index in [2.05, 4.69) is 28.8 Å². The first-order valence-electron chi connectivity index (χ1n) is 9.82. The number of hydrogen-bond acceptors (Lipinski definition) is 3. The molecule has 1 heterocycles. The molecule has 0 bridgehead atoms. The molecule has 146 valence electrons. The van der Waals surface area contributed by atoms with E-state index in [1.165, 1.54) is 11.1 Å². The normalized spacial score (nSPS) is 18.8. The third-order valence-corrected chi connectivity index (χ3v) is 5.47. The fraction of sp³-hybridized carbons (Fsp3) is 0.364. The zero-order valence-electron chi connectivity index (χ0n) is 16.0. The van der Waals surface area contributed by atoms with Crippen molar-refractivity contribution in [1.82, 2.24) is 5.32 Å². The van der Waals surface area contributed by atoms with Gasteiger partial charge in [-0.25, -0.2) is 9.59 Å². The summed E-state index contributed by atoms with van der Waals surface area (Å²) in [5.41, 5.74) is 4.88. The van der Waals surface area contributed by atoms with Crippen LogP contribution in [-0.4, -0.2) is 25.3 Å². The van der Waals surface area contributed by atoms with Crippen molar-refractivity contribution < 1.29 is 14.3 Å². The molecule has 2 aromatic rings. The summed E-state index contributed by atoms with van der Waals surface area (Å²) in [6.45, 7) is 2.84. The van der Waals surface area contributed by atoms with Crippen LogP contribution < -0.4 is 15.5 Å². The molecule has 6 nitrogen and oxygen atoms in total. The number of benzene rings is 2. The van der Waals surface area contributed by atoms with Gasteiger partial charge in [-0.05, 0) is 55.0 Å². The van der Waals surface area contributed by atoms with Gasteiger partial charge in [0.2, 0.25) is 0 Å². The van der Waals surface area contributed by atoms with E-state index in [1.807, 2.05) is 31.2 Å². The first-order chi connectivity index (χ1) is 13.6. The Bertz CT molecular complexity index is 896. The Balaban J connectivity index is 1.49. The second-order valence-electron chi connectivity index (χ2n) is 7.36. The number of carbonyl (C=O) groups is 2. The number of anilines is 2. The molecule has 3 amide bonds. The molecule has 0 spiro atoms. The molecule has 4 rings (SSSR count). The van der Waals surface area contributed by atoms with Gasteiger partial charge in [0.1, 0.15) is 6.61 Å². The van der Waals surface area contributed by atoms with Crippen LogP contribution in [0.3, 0.4) is 0 Å². The number of fused-ring (bicyclic) bond motifs is 1. The van der Waals surface area contributed by atoms with E-state index < -0.39 is 0 Å². The Morgan fingerprint density at radius 2 is 2.04 bits per heavy atom. The number of cyclic esters (lactones) is 1. The maximum Gasteiger partial charge on any atom is 0.414 e. The smallest absolute Gasteiger partial charge is 0.414 e. The fourth-order valence-electron chi connectivity index (χ4n) is 3.93. The molecular weight excluding hydrogens is 354 g/mol. The molecule has 0 unspecified atom stereocenters. The summed E-state index contributed by atoms with van der Waals surface area (Å²) in [5, 5.41) is 6.09. The van der Waals surface area contributed by atoms with Crippen molar-refractivity contribution >= 4 is 23.5 Å². The number of ether oxygens (including phenoxy) is 1. The van der Waals surface area contributed by atoms with Crippen LogP contribution in [0.25, 0.3) is 0 Å². The monoisotopic (exact) mass is 379 g/mol. The molecule has 6 heteroatoms. The van der Waals surface area contributed by atoms with Crippen LogP contribution in [0.5, 0.6) is 0 Å². The molecule has 0 radical (unpaired) electrons. The van der Waals surface area contributed by atoms with Gasteiger partial charge in [-0.1, -0.05) is 36.8 Å². The highest BCUT2D eigenvalue weighted by Gasteiger charge is 2.24. The average Bonchev–Trinajstić information content (AvgIpc) is 3.01. The maximum atomic E-state index is 12.7. The number of urea groups is 1. The largest absolute Gasteiger partial charge is 0.447 e. The van der Waals surface area contributed by atoms with Crippen LogP contribution in [0.15, 0.2) is 42.5 Å². The molecule has 28 heavy (non-hydrogen) atoms. The van der Waals surface area contributed by atoms with Crippen LogP contribution in [0.1, 0.15) is 42.0 Å². The van der Waals surface area contributed by atoms with E-state index >= 15 is 0 Å². The molecule has 1 aliphatic heterocycles. The zero-order valence-corrected chi connectivity index (χ0v) is 16.0. The van der Waals surface area contributed by atoms with E-state index in [0.717, 1.165) is 36.9 Å². The number of hydrogen-bond donors (Lipinski definition) is 2. The number of amides is 3. The Labute approximate surface area is 164 Å². The Hall–Kier alpha value is -3.02. The van der Waals surface area contributed by atoms with Crippen molar-refractivity contribution in [2.24, 2.45) is 0 Å². The van der Waals surface area contributed by atoms with E-state index in [0.29, 0.717) is 18.8 Å². The van der Waals surface area contributed by atoms with Gasteiger partial charge >= 0.3 is 12.1 Å². The third-order valence-electron chi connectivity index (χ3n) is 5.47. The van der Waals surface area contributed by atoms with Gasteiger partial charge in [0, 0.05) is 11.4 Å². The van der Waals surface area contributed by atoms with Gasteiger partial charge in [-0.3, -0.25) is 4.90 Å². The fourth-order valence-corrected chi connectivity index (χ4v) is 3.93. The lowest BCUT2D eigenvalue weighted by Gasteiger charge is -2.21. The van der Waals surface area contributed by atoms with E-state index in [1.54, 1.807) is 4.90 Å². The Morgan fingerprint density at radius 1 is 1.18 bits per heavy atom. The molecule has 2 aromatic carbocycles. The quantitative estimate of drug-likeness (QED) is 0.769. The van der Waals surface area contributed by atoms with Gasteiger partial charge in [0.05, 0.1) is 12.6 Å². The summed E-state index contributed by atoms with van der Waals surface area (Å²) in [6, 6.07) is 13.7. The zero-order chi connectivity index (χ0) is 19.5. The summed E-state index contributed by atoms with van der Waals surface area (Å²) in [4.78, 5) is 26.1. The van der Waals surface area contributed by atoms with E-state index in [4.69, 9.17) is 4.74 Å². The topological polar surface area (TPSA) is 70.7 Å². The minimum absolute atomic E-state index is 0.00995. The Kier molecular flexibility index (Phi) is 5.19. The molecule has 1 aliphatic carbocycles. The third kappa shape index (κ3) is 3.81. The summed E-state index contributed by atoms with van der Waals surface area (Å²) in [5.74, 6) is 0. The predicted octanol–water partition coefficient (Wildman–Crippen LogP) is 4.54. The lowest BCUT2D eigenvalue weighted by Crippen LogP contribution is -2.33. The number of nitrogens with one attached hydrogen (secondary N) is 2. The van der Waals surface area contributed by atoms with Crippen LogP contribution in [0.4, 0.5) is 21.0 Å². The second-order valence-corrected chi connectivity index (χ2v) is 7.36. The molecule has 0 aromatic heterocycles. The predicted molar refractivity (Wildman–Crippen MR) is 109 cm³/mol. The van der Waals surface area contributed by atoms with Gasteiger partial charge in [0.25, 0.3) is 0 Å². The molecule has 1 saturated heterocycles. The van der Waals surface area contributed by atoms with E-state index in [-0.39, 0.29) is 18.2 Å². The van der Waals surface area contributed by atoms with Crippen LogP contribution in [-0.2, 0) is 11.2 Å². The highest BCUT2D eigenvalue weighted by atomic mass is 16.6. The lowest BCUT2D eigenvalue weighted by molar-refractivity contribution is 0.181. The summed E-state index contributed by atoms with van der Waals surface area (Å²) < 4.78 is 5.00. The van der Waals surface area contributed by atoms with Gasteiger partial charge in [0.15, 0.2) is 0 Å². The summed E-state index contributed by atoms with van der Waals surface area (Å²) in [6.07, 6.45) is 3.87. The number of nitrogens with zero attached hydrogens (tertiary/aromatic N) is 1. The molecule has 2 N–H and O–H groups in total. The van der Waals surface area contributed by atoms with Crippen molar-refractivity contribution in [2.75, 3.05) is 23.4 Å². The number of aryl methyl sites for hydroxylation is 2. The minimum atomic E-state index is -0.352. The van der Waals surface area contributed by atoms with Gasteiger partial charge in [-0.2, -0.15) is 0 Å². The van der Waals surface area contributed by atoms with Gasteiger partial charge in [-0.15, -0.1) is 0 Å². The minimum Gasteiger partial charge on any atom is -0.447 e. The molecule has 0 saturated carbocycles. The first-order valence-corrected chi connectivity index (χ1v) is 9.82. The summed E-state index contributed by atoms with van der Waals surface area (Å²) >= 11 is 0. The van der Waals surface area contributed by atoms with Crippen LogP contribution in [0, 0.1) is 6.92 Å². The summed E-state index contributed by atoms with van der Waals surface area (Å²) in [7, 11) is 0.